The summed E-state index contributed by atoms with van der Waals surface area (Å²) in [4.78, 5) is 12.1. The topological polar surface area (TPSA) is 137 Å². The lowest BCUT2D eigenvalue weighted by molar-refractivity contribution is -0.299. The molecular weight excluding hydrogens is 356 g/mol. The Labute approximate surface area is 158 Å². The highest BCUT2D eigenvalue weighted by molar-refractivity contribution is 5.92. The summed E-state index contributed by atoms with van der Waals surface area (Å²) in [5.74, 6) is -0.219. The molecule has 1 fully saturated rings. The lowest BCUT2D eigenvalue weighted by Crippen LogP contribution is -2.59. The first-order valence-corrected chi connectivity index (χ1v) is 9.08. The van der Waals surface area contributed by atoms with E-state index in [0.29, 0.717) is 12.0 Å². The van der Waals surface area contributed by atoms with Gasteiger partial charge in [0.2, 0.25) is 0 Å². The zero-order valence-electron chi connectivity index (χ0n) is 15.9. The Hall–Kier alpha value is -1.13. The maximum absolute atomic E-state index is 12.1. The summed E-state index contributed by atoms with van der Waals surface area (Å²) in [5.41, 5.74) is 0.274. The molecule has 0 amide bonds. The molecule has 0 aromatic carbocycles. The van der Waals surface area contributed by atoms with Gasteiger partial charge in [-0.05, 0) is 24.0 Å². The van der Waals surface area contributed by atoms with E-state index in [1.807, 2.05) is 19.9 Å². The first-order valence-electron chi connectivity index (χ1n) is 9.08. The van der Waals surface area contributed by atoms with Gasteiger partial charge in [-0.25, -0.2) is 0 Å². The van der Waals surface area contributed by atoms with Crippen molar-refractivity contribution < 1.29 is 39.8 Å². The lowest BCUT2D eigenvalue weighted by atomic mass is 9.68. The van der Waals surface area contributed by atoms with Gasteiger partial charge in [0.1, 0.15) is 24.4 Å². The monoisotopic (exact) mass is 386 g/mol. The minimum atomic E-state index is -1.52. The van der Waals surface area contributed by atoms with Crippen LogP contribution in [0, 0.1) is 11.3 Å². The molecule has 0 unspecified atom stereocenters. The largest absolute Gasteiger partial charge is 0.394 e. The molecule has 0 saturated carbocycles. The first kappa shape index (κ1) is 22.2. The Morgan fingerprint density at radius 2 is 1.96 bits per heavy atom. The number of hydrogen-bond donors (Lipinski definition) is 5. The van der Waals surface area contributed by atoms with E-state index in [-0.39, 0.29) is 23.7 Å². The van der Waals surface area contributed by atoms with E-state index >= 15 is 0 Å². The molecule has 1 aliphatic heterocycles. The number of aliphatic hydroxyl groups excluding tert-OH is 5. The summed E-state index contributed by atoms with van der Waals surface area (Å²) in [6.45, 7) is 4.93. The number of ketones is 1. The van der Waals surface area contributed by atoms with Crippen molar-refractivity contribution in [1.29, 1.82) is 0 Å². The molecule has 2 rings (SSSR count). The summed E-state index contributed by atoms with van der Waals surface area (Å²) in [7, 11) is 0. The van der Waals surface area contributed by atoms with Crippen LogP contribution in [0.5, 0.6) is 0 Å². The van der Waals surface area contributed by atoms with Gasteiger partial charge in [0, 0.05) is 12.3 Å². The molecular formula is C19H30O8. The Morgan fingerprint density at radius 3 is 2.56 bits per heavy atom. The third-order valence-corrected chi connectivity index (χ3v) is 5.06. The zero-order valence-corrected chi connectivity index (χ0v) is 15.9. The summed E-state index contributed by atoms with van der Waals surface area (Å²) in [6, 6.07) is 0. The van der Waals surface area contributed by atoms with Crippen molar-refractivity contribution in [3.05, 3.63) is 23.8 Å². The fourth-order valence-corrected chi connectivity index (χ4v) is 3.58. The van der Waals surface area contributed by atoms with Crippen molar-refractivity contribution in [2.24, 2.45) is 11.3 Å². The standard InChI is InChI=1S/C19H30O8/c1-10(21)4-5-13-11(6-12(22)7-19(13,2)3)9-26-18-17(25)16(24)15(23)14(8-20)27-18/h4-6,10,13-18,20-21,23-25H,7-9H2,1-3H3/b5-4+/t10-,13-,14+,15+,16-,17+,18+/m0/s1. The third kappa shape index (κ3) is 5.23. The summed E-state index contributed by atoms with van der Waals surface area (Å²) < 4.78 is 10.9. The highest BCUT2D eigenvalue weighted by Crippen LogP contribution is 2.41. The first-order chi connectivity index (χ1) is 12.6. The van der Waals surface area contributed by atoms with E-state index in [1.54, 1.807) is 13.0 Å². The number of rotatable bonds is 6. The van der Waals surface area contributed by atoms with Crippen molar-refractivity contribution in [2.75, 3.05) is 13.2 Å². The average Bonchev–Trinajstić information content (AvgIpc) is 2.57. The van der Waals surface area contributed by atoms with E-state index in [4.69, 9.17) is 9.47 Å². The van der Waals surface area contributed by atoms with Crippen molar-refractivity contribution >= 4 is 5.78 Å². The minimum absolute atomic E-state index is 0.0471. The van der Waals surface area contributed by atoms with E-state index in [9.17, 15) is 30.3 Å². The molecule has 2 aliphatic rings. The van der Waals surface area contributed by atoms with Crippen molar-refractivity contribution in [3.8, 4) is 0 Å². The second-order valence-corrected chi connectivity index (χ2v) is 7.96. The number of carbonyl (C=O) groups excluding carboxylic acids is 1. The molecule has 8 nitrogen and oxygen atoms in total. The van der Waals surface area contributed by atoms with Crippen molar-refractivity contribution in [3.63, 3.8) is 0 Å². The predicted molar refractivity (Wildman–Crippen MR) is 95.5 cm³/mol. The molecule has 0 spiro atoms. The van der Waals surface area contributed by atoms with Crippen LogP contribution < -0.4 is 0 Å². The Balaban J connectivity index is 2.14. The molecule has 0 aromatic heterocycles. The number of ether oxygens (including phenoxy) is 2. The van der Waals surface area contributed by atoms with Crippen LogP contribution in [0.1, 0.15) is 27.2 Å². The molecule has 5 N–H and O–H groups in total. The van der Waals surface area contributed by atoms with Crippen LogP contribution in [0.15, 0.2) is 23.8 Å². The van der Waals surface area contributed by atoms with Gasteiger partial charge in [-0.1, -0.05) is 26.0 Å². The number of carbonyl (C=O) groups is 1. The number of aliphatic hydroxyl groups is 5. The van der Waals surface area contributed by atoms with Crippen LogP contribution in [0.2, 0.25) is 0 Å². The highest BCUT2D eigenvalue weighted by Gasteiger charge is 2.44. The van der Waals surface area contributed by atoms with Gasteiger partial charge in [0.25, 0.3) is 0 Å². The van der Waals surface area contributed by atoms with Crippen molar-refractivity contribution in [1.82, 2.24) is 0 Å². The summed E-state index contributed by atoms with van der Waals surface area (Å²) in [5, 5.41) is 48.5. The van der Waals surface area contributed by atoms with Crippen LogP contribution in [0.3, 0.4) is 0 Å². The van der Waals surface area contributed by atoms with Crippen LogP contribution in [-0.2, 0) is 14.3 Å². The lowest BCUT2D eigenvalue weighted by Gasteiger charge is -2.41. The second-order valence-electron chi connectivity index (χ2n) is 7.96. The highest BCUT2D eigenvalue weighted by atomic mass is 16.7. The van der Waals surface area contributed by atoms with Crippen LogP contribution in [-0.4, -0.2) is 81.3 Å². The van der Waals surface area contributed by atoms with Crippen LogP contribution in [0.4, 0.5) is 0 Å². The molecule has 1 aliphatic carbocycles. The Morgan fingerprint density at radius 1 is 1.30 bits per heavy atom. The smallest absolute Gasteiger partial charge is 0.187 e. The zero-order chi connectivity index (χ0) is 20.4. The fraction of sp³-hybridized carbons (Fsp3) is 0.737. The van der Waals surface area contributed by atoms with E-state index in [1.165, 1.54) is 6.08 Å². The molecule has 0 aromatic rings. The number of hydrogen-bond acceptors (Lipinski definition) is 8. The maximum atomic E-state index is 12.1. The average molecular weight is 386 g/mol. The second kappa shape index (κ2) is 8.91. The van der Waals surface area contributed by atoms with Crippen LogP contribution >= 0.6 is 0 Å². The SMILES string of the molecule is C[C@H](O)/C=C/[C@H]1C(CO[C@@H]2O[C@H](CO)[C@@H](O)[C@H](O)[C@H]2O)=CC(=O)CC1(C)C. The third-order valence-electron chi connectivity index (χ3n) is 5.06. The molecule has 27 heavy (non-hydrogen) atoms. The van der Waals surface area contributed by atoms with E-state index < -0.39 is 43.4 Å². The molecule has 1 saturated heterocycles. The number of allylic oxidation sites excluding steroid dienone is 2. The minimum Gasteiger partial charge on any atom is -0.394 e. The van der Waals surface area contributed by atoms with E-state index in [0.717, 1.165) is 0 Å². The summed E-state index contributed by atoms with van der Waals surface area (Å²) >= 11 is 0. The van der Waals surface area contributed by atoms with Gasteiger partial charge < -0.3 is 35.0 Å². The Bertz CT molecular complexity index is 580. The normalized spacial score (nSPS) is 38.1. The molecule has 8 heteroatoms. The summed E-state index contributed by atoms with van der Waals surface area (Å²) in [6.07, 6.45) is -2.11. The van der Waals surface area contributed by atoms with Gasteiger partial charge in [0.15, 0.2) is 12.1 Å². The van der Waals surface area contributed by atoms with Gasteiger partial charge in [-0.2, -0.15) is 0 Å². The van der Waals surface area contributed by atoms with Crippen LogP contribution in [0.25, 0.3) is 0 Å². The Kier molecular flexibility index (Phi) is 7.32. The molecule has 7 atom stereocenters. The quantitative estimate of drug-likeness (QED) is 0.377. The molecule has 0 bridgehead atoms. The molecule has 0 radical (unpaired) electrons. The molecule has 1 heterocycles. The van der Waals surface area contributed by atoms with Gasteiger partial charge in [-0.3, -0.25) is 4.79 Å². The predicted octanol–water partition coefficient (Wildman–Crippen LogP) is -0.719. The molecule has 154 valence electrons. The van der Waals surface area contributed by atoms with Gasteiger partial charge in [0.05, 0.1) is 19.3 Å². The van der Waals surface area contributed by atoms with E-state index in [2.05, 4.69) is 0 Å². The van der Waals surface area contributed by atoms with Gasteiger partial charge in [-0.15, -0.1) is 0 Å². The van der Waals surface area contributed by atoms with Crippen molar-refractivity contribution in [2.45, 2.75) is 64.0 Å². The fourth-order valence-electron chi connectivity index (χ4n) is 3.58. The van der Waals surface area contributed by atoms with Gasteiger partial charge >= 0.3 is 0 Å². The maximum Gasteiger partial charge on any atom is 0.187 e.